The molecule has 0 aromatic carbocycles. The van der Waals surface area contributed by atoms with Gasteiger partial charge in [0, 0.05) is 13.0 Å². The monoisotopic (exact) mass is 238 g/mol. The van der Waals surface area contributed by atoms with Gasteiger partial charge in [-0.25, -0.2) is 0 Å². The molecule has 1 heterocycles. The fourth-order valence-electron chi connectivity index (χ4n) is 3.13. The van der Waals surface area contributed by atoms with Crippen molar-refractivity contribution in [1.29, 1.82) is 0 Å². The van der Waals surface area contributed by atoms with Crippen LogP contribution in [0.5, 0.6) is 0 Å². The molecule has 3 nitrogen and oxygen atoms in total. The van der Waals surface area contributed by atoms with Crippen molar-refractivity contribution in [1.82, 2.24) is 10.6 Å². The van der Waals surface area contributed by atoms with E-state index in [1.54, 1.807) is 0 Å². The molecule has 3 heteroatoms. The van der Waals surface area contributed by atoms with Gasteiger partial charge in [0.25, 0.3) is 0 Å². The quantitative estimate of drug-likeness (QED) is 0.770. The van der Waals surface area contributed by atoms with E-state index >= 15 is 0 Å². The Hall–Kier alpha value is -0.570. The van der Waals surface area contributed by atoms with Crippen molar-refractivity contribution in [3.05, 3.63) is 0 Å². The minimum atomic E-state index is 0.278. The average Bonchev–Trinajstić information content (AvgIpc) is 2.83. The molecule has 0 aromatic rings. The summed E-state index contributed by atoms with van der Waals surface area (Å²) in [4.78, 5) is 11.7. The molecule has 2 N–H and O–H groups in total. The summed E-state index contributed by atoms with van der Waals surface area (Å²) in [6, 6.07) is 0. The molecule has 1 aliphatic carbocycles. The van der Waals surface area contributed by atoms with Gasteiger partial charge in [0.05, 0.1) is 0 Å². The van der Waals surface area contributed by atoms with Crippen LogP contribution in [0.4, 0.5) is 0 Å². The van der Waals surface area contributed by atoms with Gasteiger partial charge < -0.3 is 10.6 Å². The molecular formula is C14H26N2O. The maximum Gasteiger partial charge on any atom is 0.220 e. The normalized spacial score (nSPS) is 26.0. The Labute approximate surface area is 105 Å². The third kappa shape index (κ3) is 4.66. The van der Waals surface area contributed by atoms with Crippen LogP contribution in [0.15, 0.2) is 0 Å². The number of hydrogen-bond donors (Lipinski definition) is 2. The molecule has 98 valence electrons. The van der Waals surface area contributed by atoms with Gasteiger partial charge in [0.1, 0.15) is 0 Å². The number of carbonyl (C=O) groups excluding carboxylic acids is 1. The van der Waals surface area contributed by atoms with Crippen LogP contribution in [0, 0.1) is 11.8 Å². The van der Waals surface area contributed by atoms with Crippen molar-refractivity contribution >= 4 is 5.91 Å². The highest BCUT2D eigenvalue weighted by Gasteiger charge is 2.18. The first-order valence-electron chi connectivity index (χ1n) is 7.32. The third-order valence-electron chi connectivity index (χ3n) is 4.22. The second-order valence-electron chi connectivity index (χ2n) is 5.71. The van der Waals surface area contributed by atoms with Gasteiger partial charge in [-0.1, -0.05) is 12.8 Å². The molecule has 0 bridgehead atoms. The van der Waals surface area contributed by atoms with E-state index in [1.807, 2.05) is 0 Å². The van der Waals surface area contributed by atoms with Crippen LogP contribution in [-0.2, 0) is 4.79 Å². The molecule has 1 saturated heterocycles. The van der Waals surface area contributed by atoms with E-state index < -0.39 is 0 Å². The van der Waals surface area contributed by atoms with Crippen molar-refractivity contribution in [2.24, 2.45) is 11.8 Å². The fraction of sp³-hybridized carbons (Fsp3) is 0.929. The number of amides is 1. The first-order chi connectivity index (χ1) is 8.34. The molecule has 1 atom stereocenters. The van der Waals surface area contributed by atoms with Gasteiger partial charge in [-0.15, -0.1) is 0 Å². The number of carbonyl (C=O) groups is 1. The van der Waals surface area contributed by atoms with E-state index in [4.69, 9.17) is 0 Å². The van der Waals surface area contributed by atoms with E-state index in [1.165, 1.54) is 45.1 Å². The fourth-order valence-corrected chi connectivity index (χ4v) is 3.13. The zero-order valence-electron chi connectivity index (χ0n) is 10.8. The first-order valence-corrected chi connectivity index (χ1v) is 7.32. The number of hydrogen-bond acceptors (Lipinski definition) is 2. The summed E-state index contributed by atoms with van der Waals surface area (Å²) >= 11 is 0. The van der Waals surface area contributed by atoms with Crippen molar-refractivity contribution in [2.75, 3.05) is 19.6 Å². The summed E-state index contributed by atoms with van der Waals surface area (Å²) in [5.74, 6) is 1.72. The zero-order valence-corrected chi connectivity index (χ0v) is 10.8. The number of nitrogens with one attached hydrogen (secondary N) is 2. The molecule has 1 saturated carbocycles. The summed E-state index contributed by atoms with van der Waals surface area (Å²) in [6.07, 6.45) is 9.70. The molecule has 2 rings (SSSR count). The molecule has 1 amide bonds. The average molecular weight is 238 g/mol. The molecule has 2 fully saturated rings. The summed E-state index contributed by atoms with van der Waals surface area (Å²) in [5, 5.41) is 6.51. The number of rotatable bonds is 5. The van der Waals surface area contributed by atoms with Crippen LogP contribution < -0.4 is 10.6 Å². The maximum atomic E-state index is 11.7. The van der Waals surface area contributed by atoms with Gasteiger partial charge in [-0.05, 0) is 57.0 Å². The summed E-state index contributed by atoms with van der Waals surface area (Å²) in [6.45, 7) is 3.18. The van der Waals surface area contributed by atoms with Crippen molar-refractivity contribution < 1.29 is 4.79 Å². The minimum absolute atomic E-state index is 0.278. The largest absolute Gasteiger partial charge is 0.356 e. The highest BCUT2D eigenvalue weighted by atomic mass is 16.1. The minimum Gasteiger partial charge on any atom is -0.356 e. The molecule has 1 unspecified atom stereocenters. The van der Waals surface area contributed by atoms with Crippen LogP contribution in [0.25, 0.3) is 0 Å². The Balaban J connectivity index is 1.53. The van der Waals surface area contributed by atoms with Crippen molar-refractivity contribution in [3.8, 4) is 0 Å². The highest BCUT2D eigenvalue weighted by molar-refractivity contribution is 5.76. The van der Waals surface area contributed by atoms with E-state index in [0.29, 0.717) is 5.92 Å². The van der Waals surface area contributed by atoms with Gasteiger partial charge in [-0.3, -0.25) is 4.79 Å². The molecule has 17 heavy (non-hydrogen) atoms. The maximum absolute atomic E-state index is 11.7. The molecular weight excluding hydrogens is 212 g/mol. The third-order valence-corrected chi connectivity index (χ3v) is 4.22. The lowest BCUT2D eigenvalue weighted by molar-refractivity contribution is -0.122. The summed E-state index contributed by atoms with van der Waals surface area (Å²) in [5.41, 5.74) is 0. The predicted molar refractivity (Wildman–Crippen MR) is 69.8 cm³/mol. The van der Waals surface area contributed by atoms with Gasteiger partial charge >= 0.3 is 0 Å². The molecule has 0 spiro atoms. The second kappa shape index (κ2) is 7.00. The Morgan fingerprint density at radius 3 is 2.59 bits per heavy atom. The van der Waals surface area contributed by atoms with E-state index in [9.17, 15) is 4.79 Å². The van der Waals surface area contributed by atoms with E-state index in [0.717, 1.165) is 31.8 Å². The van der Waals surface area contributed by atoms with Crippen LogP contribution in [0.1, 0.15) is 51.4 Å². The first kappa shape index (κ1) is 12.9. The standard InChI is InChI=1S/C14H26N2O/c17-14(10-12-4-1-2-5-12)16-9-7-13-6-3-8-15-11-13/h12-13,15H,1-11H2,(H,16,17). The Morgan fingerprint density at radius 1 is 1.12 bits per heavy atom. The van der Waals surface area contributed by atoms with Crippen LogP contribution in [0.3, 0.4) is 0 Å². The molecule has 2 aliphatic rings. The topological polar surface area (TPSA) is 41.1 Å². The van der Waals surface area contributed by atoms with Crippen LogP contribution in [-0.4, -0.2) is 25.5 Å². The van der Waals surface area contributed by atoms with Crippen molar-refractivity contribution in [3.63, 3.8) is 0 Å². The smallest absolute Gasteiger partial charge is 0.220 e. The number of piperidine rings is 1. The van der Waals surface area contributed by atoms with Gasteiger partial charge in [0.15, 0.2) is 0 Å². The lowest BCUT2D eigenvalue weighted by Gasteiger charge is -2.22. The van der Waals surface area contributed by atoms with E-state index in [2.05, 4.69) is 10.6 Å². The lowest BCUT2D eigenvalue weighted by atomic mass is 9.96. The lowest BCUT2D eigenvalue weighted by Crippen LogP contribution is -2.33. The molecule has 0 aromatic heterocycles. The molecule has 1 aliphatic heterocycles. The molecule has 0 radical (unpaired) electrons. The predicted octanol–water partition coefficient (Wildman–Crippen LogP) is 2.07. The van der Waals surface area contributed by atoms with Gasteiger partial charge in [-0.2, -0.15) is 0 Å². The Kier molecular flexibility index (Phi) is 5.30. The highest BCUT2D eigenvalue weighted by Crippen LogP contribution is 2.27. The van der Waals surface area contributed by atoms with Crippen LogP contribution >= 0.6 is 0 Å². The van der Waals surface area contributed by atoms with Gasteiger partial charge in [0.2, 0.25) is 5.91 Å². The van der Waals surface area contributed by atoms with Crippen molar-refractivity contribution in [2.45, 2.75) is 51.4 Å². The SMILES string of the molecule is O=C(CC1CCCC1)NCCC1CCCNC1. The van der Waals surface area contributed by atoms with E-state index in [-0.39, 0.29) is 5.91 Å². The van der Waals surface area contributed by atoms with Crippen LogP contribution in [0.2, 0.25) is 0 Å². The Morgan fingerprint density at radius 2 is 1.88 bits per heavy atom. The second-order valence-corrected chi connectivity index (χ2v) is 5.71. The summed E-state index contributed by atoms with van der Waals surface area (Å²) in [7, 11) is 0. The summed E-state index contributed by atoms with van der Waals surface area (Å²) < 4.78 is 0. The zero-order chi connectivity index (χ0) is 11.9. The Bertz CT molecular complexity index is 230.